The molecule has 2 aromatic rings. The van der Waals surface area contributed by atoms with Gasteiger partial charge in [0.15, 0.2) is 6.04 Å². The minimum absolute atomic E-state index is 0.392. The second-order valence-corrected chi connectivity index (χ2v) is 4.74. The molecule has 1 unspecified atom stereocenters. The number of carboxylic acids is 1. The highest BCUT2D eigenvalue weighted by molar-refractivity contribution is 5.79. The van der Waals surface area contributed by atoms with Gasteiger partial charge >= 0.3 is 5.97 Å². The van der Waals surface area contributed by atoms with Crippen LogP contribution in [0.5, 0.6) is 0 Å². The number of aliphatic carboxylic acids is 1. The van der Waals surface area contributed by atoms with Crippen LogP contribution < -0.4 is 5.32 Å². The van der Waals surface area contributed by atoms with Gasteiger partial charge in [-0.25, -0.2) is 9.18 Å². The van der Waals surface area contributed by atoms with Crippen molar-refractivity contribution in [3.63, 3.8) is 0 Å². The molecule has 2 rings (SSSR count). The number of hydrogen-bond acceptors (Lipinski definition) is 2. The van der Waals surface area contributed by atoms with E-state index in [4.69, 9.17) is 0 Å². The average Bonchev–Trinajstić information content (AvgIpc) is 2.41. The van der Waals surface area contributed by atoms with Gasteiger partial charge in [-0.15, -0.1) is 0 Å². The summed E-state index contributed by atoms with van der Waals surface area (Å²) in [6.07, 6.45) is 0. The SMILES string of the molecule is Cc1ccc(C(Nc2ccccc2C)C(=O)O)cc1F. The van der Waals surface area contributed by atoms with E-state index >= 15 is 0 Å². The molecule has 104 valence electrons. The first-order valence-corrected chi connectivity index (χ1v) is 6.30. The van der Waals surface area contributed by atoms with Crippen molar-refractivity contribution in [2.24, 2.45) is 0 Å². The molecule has 0 aliphatic heterocycles. The fraction of sp³-hybridized carbons (Fsp3) is 0.188. The molecule has 0 saturated heterocycles. The molecule has 1 atom stereocenters. The second-order valence-electron chi connectivity index (χ2n) is 4.74. The van der Waals surface area contributed by atoms with Gasteiger partial charge in [0.25, 0.3) is 0 Å². The zero-order valence-corrected chi connectivity index (χ0v) is 11.4. The summed E-state index contributed by atoms with van der Waals surface area (Å²) in [6, 6.07) is 10.9. The van der Waals surface area contributed by atoms with Crippen LogP contribution in [0, 0.1) is 19.7 Å². The molecule has 2 N–H and O–H groups in total. The Hall–Kier alpha value is -2.36. The maximum absolute atomic E-state index is 13.6. The Balaban J connectivity index is 2.34. The van der Waals surface area contributed by atoms with Crippen molar-refractivity contribution in [1.29, 1.82) is 0 Å². The largest absolute Gasteiger partial charge is 0.479 e. The van der Waals surface area contributed by atoms with Crippen molar-refractivity contribution in [1.82, 2.24) is 0 Å². The van der Waals surface area contributed by atoms with E-state index in [1.807, 2.05) is 25.1 Å². The molecule has 0 fully saturated rings. The number of benzene rings is 2. The maximum atomic E-state index is 13.6. The van der Waals surface area contributed by atoms with Crippen molar-refractivity contribution in [2.75, 3.05) is 5.32 Å². The van der Waals surface area contributed by atoms with E-state index in [9.17, 15) is 14.3 Å². The topological polar surface area (TPSA) is 49.3 Å². The summed E-state index contributed by atoms with van der Waals surface area (Å²) in [6.45, 7) is 3.53. The minimum atomic E-state index is -1.04. The molecule has 0 heterocycles. The molecular weight excluding hydrogens is 257 g/mol. The number of rotatable bonds is 4. The van der Waals surface area contributed by atoms with E-state index in [2.05, 4.69) is 5.32 Å². The van der Waals surface area contributed by atoms with Crippen molar-refractivity contribution in [3.8, 4) is 0 Å². The summed E-state index contributed by atoms with van der Waals surface area (Å²) >= 11 is 0. The van der Waals surface area contributed by atoms with Crippen LogP contribution in [0.2, 0.25) is 0 Å². The lowest BCUT2D eigenvalue weighted by Crippen LogP contribution is -2.21. The molecule has 0 spiro atoms. The highest BCUT2D eigenvalue weighted by Gasteiger charge is 2.21. The Morgan fingerprint density at radius 2 is 1.85 bits per heavy atom. The van der Waals surface area contributed by atoms with E-state index in [1.165, 1.54) is 6.07 Å². The third-order valence-electron chi connectivity index (χ3n) is 3.22. The number of para-hydroxylation sites is 1. The van der Waals surface area contributed by atoms with E-state index in [-0.39, 0.29) is 0 Å². The smallest absolute Gasteiger partial charge is 0.330 e. The van der Waals surface area contributed by atoms with E-state index in [1.54, 1.807) is 25.1 Å². The standard InChI is InChI=1S/C16H16FNO2/c1-10-7-8-12(9-13(10)17)15(16(19)20)18-14-6-4-3-5-11(14)2/h3-9,15,18H,1-2H3,(H,19,20). The average molecular weight is 273 g/mol. The Bertz CT molecular complexity index is 640. The number of hydrogen-bond donors (Lipinski definition) is 2. The molecule has 2 aromatic carbocycles. The van der Waals surface area contributed by atoms with Gasteiger partial charge in [-0.2, -0.15) is 0 Å². The van der Waals surface area contributed by atoms with Crippen LogP contribution in [-0.2, 0) is 4.79 Å². The highest BCUT2D eigenvalue weighted by Crippen LogP contribution is 2.24. The molecule has 3 nitrogen and oxygen atoms in total. The van der Waals surface area contributed by atoms with Gasteiger partial charge in [-0.05, 0) is 42.7 Å². The molecule has 0 aromatic heterocycles. The van der Waals surface area contributed by atoms with Crippen LogP contribution in [-0.4, -0.2) is 11.1 Å². The predicted octanol–water partition coefficient (Wildman–Crippen LogP) is 3.68. The van der Waals surface area contributed by atoms with E-state index < -0.39 is 17.8 Å². The van der Waals surface area contributed by atoms with Crippen LogP contribution in [0.25, 0.3) is 0 Å². The minimum Gasteiger partial charge on any atom is -0.479 e. The number of anilines is 1. The van der Waals surface area contributed by atoms with Gasteiger partial charge < -0.3 is 10.4 Å². The molecule has 0 aliphatic rings. The fourth-order valence-electron chi connectivity index (χ4n) is 1.97. The van der Waals surface area contributed by atoms with Crippen LogP contribution in [0.3, 0.4) is 0 Å². The Morgan fingerprint density at radius 3 is 2.45 bits per heavy atom. The first kappa shape index (κ1) is 14.1. The number of halogens is 1. The van der Waals surface area contributed by atoms with Gasteiger partial charge in [-0.1, -0.05) is 30.3 Å². The molecule has 0 aliphatic carbocycles. The van der Waals surface area contributed by atoms with Crippen molar-refractivity contribution in [2.45, 2.75) is 19.9 Å². The normalized spacial score (nSPS) is 11.9. The number of carbonyl (C=O) groups is 1. The van der Waals surface area contributed by atoms with Gasteiger partial charge in [0, 0.05) is 5.69 Å². The monoisotopic (exact) mass is 273 g/mol. The first-order chi connectivity index (χ1) is 9.49. The summed E-state index contributed by atoms with van der Waals surface area (Å²) in [5.74, 6) is -1.45. The number of aryl methyl sites for hydroxylation is 2. The Morgan fingerprint density at radius 1 is 1.15 bits per heavy atom. The van der Waals surface area contributed by atoms with Crippen LogP contribution in [0.1, 0.15) is 22.7 Å². The fourth-order valence-corrected chi connectivity index (χ4v) is 1.97. The van der Waals surface area contributed by atoms with Crippen LogP contribution >= 0.6 is 0 Å². The van der Waals surface area contributed by atoms with Crippen molar-refractivity contribution >= 4 is 11.7 Å². The maximum Gasteiger partial charge on any atom is 0.330 e. The lowest BCUT2D eigenvalue weighted by atomic mass is 10.0. The molecule has 4 heteroatoms. The zero-order chi connectivity index (χ0) is 14.7. The molecule has 0 bridgehead atoms. The van der Waals surface area contributed by atoms with Gasteiger partial charge in [0.05, 0.1) is 0 Å². The number of nitrogens with one attached hydrogen (secondary N) is 1. The molecule has 0 saturated carbocycles. The second kappa shape index (κ2) is 5.74. The van der Waals surface area contributed by atoms with Crippen LogP contribution in [0.4, 0.5) is 10.1 Å². The summed E-state index contributed by atoms with van der Waals surface area (Å²) < 4.78 is 13.6. The van der Waals surface area contributed by atoms with Gasteiger partial charge in [0.1, 0.15) is 5.82 Å². The first-order valence-electron chi connectivity index (χ1n) is 6.30. The zero-order valence-electron chi connectivity index (χ0n) is 11.4. The predicted molar refractivity (Wildman–Crippen MR) is 76.3 cm³/mol. The van der Waals surface area contributed by atoms with Crippen molar-refractivity contribution < 1.29 is 14.3 Å². The Kier molecular flexibility index (Phi) is 4.03. The summed E-state index contributed by atoms with van der Waals surface area (Å²) in [5.41, 5.74) is 2.55. The number of carboxylic acid groups (broad SMARTS) is 1. The molecular formula is C16H16FNO2. The Labute approximate surface area is 117 Å². The van der Waals surface area contributed by atoms with E-state index in [0.29, 0.717) is 11.1 Å². The lowest BCUT2D eigenvalue weighted by molar-refractivity contribution is -0.138. The van der Waals surface area contributed by atoms with E-state index in [0.717, 1.165) is 11.3 Å². The molecule has 0 radical (unpaired) electrons. The molecule has 20 heavy (non-hydrogen) atoms. The molecule has 0 amide bonds. The van der Waals surface area contributed by atoms with Crippen molar-refractivity contribution in [3.05, 3.63) is 65.0 Å². The quantitative estimate of drug-likeness (QED) is 0.893. The van der Waals surface area contributed by atoms with Crippen LogP contribution in [0.15, 0.2) is 42.5 Å². The lowest BCUT2D eigenvalue weighted by Gasteiger charge is -2.18. The van der Waals surface area contributed by atoms with Gasteiger partial charge in [0.2, 0.25) is 0 Å². The third kappa shape index (κ3) is 2.96. The summed E-state index contributed by atoms with van der Waals surface area (Å²) in [7, 11) is 0. The summed E-state index contributed by atoms with van der Waals surface area (Å²) in [4.78, 5) is 11.4. The highest BCUT2D eigenvalue weighted by atomic mass is 19.1. The third-order valence-corrected chi connectivity index (χ3v) is 3.22. The summed E-state index contributed by atoms with van der Waals surface area (Å²) in [5, 5.41) is 12.3. The van der Waals surface area contributed by atoms with Gasteiger partial charge in [-0.3, -0.25) is 0 Å².